The van der Waals surface area contributed by atoms with E-state index in [-0.39, 0.29) is 0 Å². The summed E-state index contributed by atoms with van der Waals surface area (Å²) >= 11 is 0. The molecule has 0 atom stereocenters. The smallest absolute Gasteiger partial charge is 0.229 e. The van der Waals surface area contributed by atoms with E-state index in [4.69, 9.17) is 5.73 Å². The number of likely N-dealkylation sites (N-methyl/N-ethyl adjacent to an activating group) is 1. The summed E-state index contributed by atoms with van der Waals surface area (Å²) in [6.07, 6.45) is 4.00. The van der Waals surface area contributed by atoms with Crippen LogP contribution in [0.1, 0.15) is 18.9 Å². The molecule has 0 radical (unpaired) electrons. The van der Waals surface area contributed by atoms with Crippen LogP contribution < -0.4 is 16.0 Å². The molecule has 8 nitrogen and oxygen atoms in total. The first-order chi connectivity index (χ1) is 13.2. The summed E-state index contributed by atoms with van der Waals surface area (Å²) in [5, 5.41) is 3.30. The van der Waals surface area contributed by atoms with E-state index in [1.165, 1.54) is 5.69 Å². The molecule has 2 fully saturated rings. The standard InChI is InChI=1S/C19H24N8/c1-25-8-10-26(11-9-25)14-4-2-13(3-5-14)22-19-21-12-16-17(24-19)27(15-6-7-15)18(20)23-16/h2-5,12,15H,6-11H2,1H3,(H2,20,23)(H,21,22,24). The van der Waals surface area contributed by atoms with Crippen LogP contribution in [0, 0.1) is 0 Å². The fourth-order valence-electron chi connectivity index (χ4n) is 3.61. The number of imidazole rings is 1. The molecule has 8 heteroatoms. The van der Waals surface area contributed by atoms with Crippen molar-refractivity contribution in [3.8, 4) is 0 Å². The van der Waals surface area contributed by atoms with Gasteiger partial charge in [-0.2, -0.15) is 4.98 Å². The molecule has 3 heterocycles. The zero-order valence-corrected chi connectivity index (χ0v) is 15.5. The van der Waals surface area contributed by atoms with Crippen LogP contribution in [0.4, 0.5) is 23.3 Å². The summed E-state index contributed by atoms with van der Waals surface area (Å²) in [5.41, 5.74) is 9.83. The number of anilines is 4. The van der Waals surface area contributed by atoms with Crippen molar-refractivity contribution in [2.45, 2.75) is 18.9 Å². The summed E-state index contributed by atoms with van der Waals surface area (Å²) in [6.45, 7) is 4.34. The summed E-state index contributed by atoms with van der Waals surface area (Å²) in [5.74, 6) is 1.09. The second-order valence-electron chi connectivity index (χ2n) is 7.44. The molecule has 1 aliphatic heterocycles. The molecule has 0 amide bonds. The summed E-state index contributed by atoms with van der Waals surface area (Å²) in [7, 11) is 2.17. The lowest BCUT2D eigenvalue weighted by Gasteiger charge is -2.34. The van der Waals surface area contributed by atoms with E-state index >= 15 is 0 Å². The van der Waals surface area contributed by atoms with Gasteiger partial charge in [0.15, 0.2) is 5.65 Å². The average molecular weight is 364 g/mol. The van der Waals surface area contributed by atoms with E-state index in [2.05, 4.69) is 61.4 Å². The Labute approximate surface area is 158 Å². The zero-order valence-electron chi connectivity index (χ0n) is 15.5. The third-order valence-corrected chi connectivity index (χ3v) is 5.36. The highest BCUT2D eigenvalue weighted by Crippen LogP contribution is 2.39. The molecule has 5 rings (SSSR count). The maximum Gasteiger partial charge on any atom is 0.229 e. The number of benzene rings is 1. The summed E-state index contributed by atoms with van der Waals surface area (Å²) in [6, 6.07) is 8.89. The number of hydrogen-bond acceptors (Lipinski definition) is 7. The van der Waals surface area contributed by atoms with Crippen LogP contribution in [0.3, 0.4) is 0 Å². The van der Waals surface area contributed by atoms with Gasteiger partial charge in [-0.05, 0) is 44.2 Å². The van der Waals surface area contributed by atoms with Crippen LogP contribution in [0.2, 0.25) is 0 Å². The van der Waals surface area contributed by atoms with Crippen LogP contribution >= 0.6 is 0 Å². The Kier molecular flexibility index (Phi) is 3.86. The Hall–Kier alpha value is -2.87. The van der Waals surface area contributed by atoms with Gasteiger partial charge < -0.3 is 20.9 Å². The Morgan fingerprint density at radius 3 is 2.48 bits per heavy atom. The van der Waals surface area contributed by atoms with E-state index in [0.29, 0.717) is 17.9 Å². The largest absolute Gasteiger partial charge is 0.369 e. The van der Waals surface area contributed by atoms with Gasteiger partial charge >= 0.3 is 0 Å². The third-order valence-electron chi connectivity index (χ3n) is 5.36. The van der Waals surface area contributed by atoms with Gasteiger partial charge in [-0.1, -0.05) is 0 Å². The van der Waals surface area contributed by atoms with Crippen molar-refractivity contribution in [1.82, 2.24) is 24.4 Å². The predicted molar refractivity (Wildman–Crippen MR) is 107 cm³/mol. The molecule has 1 saturated heterocycles. The first-order valence-electron chi connectivity index (χ1n) is 9.48. The molecular formula is C19H24N8. The van der Waals surface area contributed by atoms with Crippen molar-refractivity contribution in [2.75, 3.05) is 49.2 Å². The van der Waals surface area contributed by atoms with Crippen molar-refractivity contribution in [3.05, 3.63) is 30.5 Å². The average Bonchev–Trinajstić information content (AvgIpc) is 3.45. The normalized spacial score (nSPS) is 18.2. The van der Waals surface area contributed by atoms with Crippen LogP contribution in [0.25, 0.3) is 11.2 Å². The molecule has 2 aliphatic rings. The van der Waals surface area contributed by atoms with Crippen LogP contribution in [-0.2, 0) is 0 Å². The Morgan fingerprint density at radius 1 is 1.04 bits per heavy atom. The lowest BCUT2D eigenvalue weighted by molar-refractivity contribution is 0.313. The first kappa shape index (κ1) is 16.3. The Bertz CT molecular complexity index is 952. The molecule has 0 bridgehead atoms. The minimum Gasteiger partial charge on any atom is -0.369 e. The van der Waals surface area contributed by atoms with Gasteiger partial charge in [0.2, 0.25) is 11.9 Å². The highest BCUT2D eigenvalue weighted by molar-refractivity contribution is 5.75. The zero-order chi connectivity index (χ0) is 18.4. The predicted octanol–water partition coefficient (Wildman–Crippen LogP) is 2.24. The second-order valence-corrected chi connectivity index (χ2v) is 7.44. The maximum atomic E-state index is 6.05. The molecule has 1 saturated carbocycles. The molecule has 0 unspecified atom stereocenters. The minimum absolute atomic E-state index is 0.431. The lowest BCUT2D eigenvalue weighted by atomic mass is 10.2. The van der Waals surface area contributed by atoms with E-state index in [9.17, 15) is 0 Å². The number of nitrogens with two attached hydrogens (primary N) is 1. The van der Waals surface area contributed by atoms with Gasteiger partial charge in [0.05, 0.1) is 6.20 Å². The van der Waals surface area contributed by atoms with Crippen molar-refractivity contribution in [2.24, 2.45) is 0 Å². The highest BCUT2D eigenvalue weighted by Gasteiger charge is 2.28. The number of rotatable bonds is 4. The number of fused-ring (bicyclic) bond motifs is 1. The molecule has 1 aromatic carbocycles. The van der Waals surface area contributed by atoms with Gasteiger partial charge in [-0.25, -0.2) is 9.97 Å². The third kappa shape index (κ3) is 3.16. The van der Waals surface area contributed by atoms with E-state index in [1.54, 1.807) is 6.20 Å². The molecule has 140 valence electrons. The summed E-state index contributed by atoms with van der Waals surface area (Å²) < 4.78 is 2.03. The number of hydrogen-bond donors (Lipinski definition) is 2. The SMILES string of the molecule is CN1CCN(c2ccc(Nc3ncc4nc(N)n(C5CC5)c4n3)cc2)CC1. The van der Waals surface area contributed by atoms with E-state index < -0.39 is 0 Å². The molecule has 3 aromatic rings. The van der Waals surface area contributed by atoms with Gasteiger partial charge in [0, 0.05) is 43.6 Å². The quantitative estimate of drug-likeness (QED) is 0.734. The topological polar surface area (TPSA) is 88.1 Å². The van der Waals surface area contributed by atoms with Gasteiger partial charge in [-0.3, -0.25) is 4.57 Å². The Morgan fingerprint density at radius 2 is 1.78 bits per heavy atom. The Balaban J connectivity index is 1.35. The lowest BCUT2D eigenvalue weighted by Crippen LogP contribution is -2.44. The van der Waals surface area contributed by atoms with Crippen molar-refractivity contribution < 1.29 is 0 Å². The number of nitrogen functional groups attached to an aromatic ring is 1. The molecule has 27 heavy (non-hydrogen) atoms. The van der Waals surface area contributed by atoms with E-state index in [1.807, 2.05) is 4.57 Å². The fourth-order valence-corrected chi connectivity index (χ4v) is 3.61. The minimum atomic E-state index is 0.431. The number of nitrogens with zero attached hydrogens (tertiary/aromatic N) is 6. The number of aromatic nitrogens is 4. The highest BCUT2D eigenvalue weighted by atomic mass is 15.3. The second kappa shape index (κ2) is 6.38. The van der Waals surface area contributed by atoms with Crippen LogP contribution in [0.15, 0.2) is 30.5 Å². The van der Waals surface area contributed by atoms with Gasteiger partial charge in [-0.15, -0.1) is 0 Å². The maximum absolute atomic E-state index is 6.05. The van der Waals surface area contributed by atoms with E-state index in [0.717, 1.165) is 55.9 Å². The monoisotopic (exact) mass is 364 g/mol. The van der Waals surface area contributed by atoms with Crippen LogP contribution in [0.5, 0.6) is 0 Å². The van der Waals surface area contributed by atoms with Crippen LogP contribution in [-0.4, -0.2) is 57.6 Å². The first-order valence-corrected chi connectivity index (χ1v) is 9.48. The van der Waals surface area contributed by atoms with Gasteiger partial charge in [0.1, 0.15) is 5.52 Å². The van der Waals surface area contributed by atoms with Crippen molar-refractivity contribution in [1.29, 1.82) is 0 Å². The van der Waals surface area contributed by atoms with Gasteiger partial charge in [0.25, 0.3) is 0 Å². The molecule has 0 spiro atoms. The summed E-state index contributed by atoms with van der Waals surface area (Å²) in [4.78, 5) is 18.2. The molecule has 3 N–H and O–H groups in total. The number of nitrogens with one attached hydrogen (secondary N) is 1. The fraction of sp³-hybridized carbons (Fsp3) is 0.421. The molecular weight excluding hydrogens is 340 g/mol. The number of piperazine rings is 1. The molecule has 2 aromatic heterocycles. The van der Waals surface area contributed by atoms with Crippen molar-refractivity contribution in [3.63, 3.8) is 0 Å². The molecule has 1 aliphatic carbocycles. The van der Waals surface area contributed by atoms with Crippen molar-refractivity contribution >= 4 is 34.4 Å².